The fourth-order valence-corrected chi connectivity index (χ4v) is 2.43. The molecule has 2 aromatic rings. The molecule has 0 spiro atoms. The Hall–Kier alpha value is -1.88. The molecular weight excluding hydrogens is 275 g/mol. The molecule has 5 heteroatoms. The van der Waals surface area contributed by atoms with Crippen LogP contribution in [0.15, 0.2) is 53.7 Å². The number of hydrogen-bond donors (Lipinski definition) is 0. The van der Waals surface area contributed by atoms with Gasteiger partial charge in [0.2, 0.25) is 5.91 Å². The average molecular weight is 290 g/mol. The van der Waals surface area contributed by atoms with Gasteiger partial charge in [-0.2, -0.15) is 0 Å². The molecule has 0 aliphatic rings. The van der Waals surface area contributed by atoms with Crippen LogP contribution in [-0.2, 0) is 11.3 Å². The molecule has 0 radical (unpaired) electrons. The van der Waals surface area contributed by atoms with Gasteiger partial charge in [-0.05, 0) is 29.8 Å². The molecule has 1 aromatic heterocycles. The molecule has 0 atom stereocenters. The van der Waals surface area contributed by atoms with E-state index >= 15 is 0 Å². The van der Waals surface area contributed by atoms with Gasteiger partial charge in [-0.1, -0.05) is 30.0 Å². The molecule has 0 N–H and O–H groups in total. The summed E-state index contributed by atoms with van der Waals surface area (Å²) < 4.78 is 12.8. The van der Waals surface area contributed by atoms with E-state index in [0.29, 0.717) is 12.3 Å². The lowest BCUT2D eigenvalue weighted by molar-refractivity contribution is -0.127. The van der Waals surface area contributed by atoms with Crippen LogP contribution in [0.3, 0.4) is 0 Å². The molecule has 0 saturated heterocycles. The number of thioether (sulfide) groups is 1. The molecule has 0 fully saturated rings. The fraction of sp³-hybridized carbons (Fsp3) is 0.200. The normalized spacial score (nSPS) is 10.3. The lowest BCUT2D eigenvalue weighted by Gasteiger charge is -2.17. The summed E-state index contributed by atoms with van der Waals surface area (Å²) in [6.07, 6.45) is 1.70. The minimum atomic E-state index is -0.270. The van der Waals surface area contributed by atoms with Crippen molar-refractivity contribution in [1.29, 1.82) is 0 Å². The van der Waals surface area contributed by atoms with Crippen molar-refractivity contribution in [2.24, 2.45) is 0 Å². The Morgan fingerprint density at radius 2 is 2.00 bits per heavy atom. The standard InChI is InChI=1S/C15H15FN2OS/c1-18(10-12-5-7-13(16)8-6-12)15(19)11-20-14-4-2-3-9-17-14/h2-9H,10-11H2,1H3. The van der Waals surface area contributed by atoms with Crippen molar-refractivity contribution in [2.75, 3.05) is 12.8 Å². The Kier molecular flexibility index (Phi) is 5.12. The molecule has 1 heterocycles. The van der Waals surface area contributed by atoms with Gasteiger partial charge in [-0.25, -0.2) is 9.37 Å². The number of halogens is 1. The van der Waals surface area contributed by atoms with Crippen LogP contribution in [0, 0.1) is 5.82 Å². The molecule has 0 aliphatic carbocycles. The Morgan fingerprint density at radius 3 is 2.65 bits per heavy atom. The monoisotopic (exact) mass is 290 g/mol. The van der Waals surface area contributed by atoms with Gasteiger partial charge in [0.1, 0.15) is 5.82 Å². The van der Waals surface area contributed by atoms with Gasteiger partial charge in [0.15, 0.2) is 0 Å². The Morgan fingerprint density at radius 1 is 1.25 bits per heavy atom. The number of amides is 1. The summed E-state index contributed by atoms with van der Waals surface area (Å²) in [6.45, 7) is 0.474. The molecule has 0 saturated carbocycles. The maximum Gasteiger partial charge on any atom is 0.233 e. The minimum absolute atomic E-state index is 0.0185. The Balaban J connectivity index is 1.84. The van der Waals surface area contributed by atoms with Crippen molar-refractivity contribution in [3.05, 3.63) is 60.0 Å². The van der Waals surface area contributed by atoms with Gasteiger partial charge < -0.3 is 4.90 Å². The first-order valence-corrected chi connectivity index (χ1v) is 7.16. The number of carbonyl (C=O) groups is 1. The van der Waals surface area contributed by atoms with Crippen LogP contribution >= 0.6 is 11.8 Å². The maximum absolute atomic E-state index is 12.8. The van der Waals surface area contributed by atoms with Gasteiger partial charge >= 0.3 is 0 Å². The van der Waals surface area contributed by atoms with E-state index in [1.807, 2.05) is 18.2 Å². The number of rotatable bonds is 5. The lowest BCUT2D eigenvalue weighted by atomic mass is 10.2. The second kappa shape index (κ2) is 7.05. The van der Waals surface area contributed by atoms with Gasteiger partial charge in [0, 0.05) is 19.8 Å². The summed E-state index contributed by atoms with van der Waals surface area (Å²) in [5, 5.41) is 0.830. The smallest absolute Gasteiger partial charge is 0.233 e. The molecule has 0 unspecified atom stereocenters. The maximum atomic E-state index is 12.8. The van der Waals surface area contributed by atoms with Crippen LogP contribution in [0.25, 0.3) is 0 Å². The largest absolute Gasteiger partial charge is 0.341 e. The molecule has 1 aromatic carbocycles. The highest BCUT2D eigenvalue weighted by Gasteiger charge is 2.10. The minimum Gasteiger partial charge on any atom is -0.341 e. The first kappa shape index (κ1) is 14.5. The number of carbonyl (C=O) groups excluding carboxylic acids is 1. The van der Waals surface area contributed by atoms with E-state index in [9.17, 15) is 9.18 Å². The predicted molar refractivity (Wildman–Crippen MR) is 77.8 cm³/mol. The van der Waals surface area contributed by atoms with Crippen LogP contribution in [-0.4, -0.2) is 28.6 Å². The van der Waals surface area contributed by atoms with Gasteiger partial charge in [-0.3, -0.25) is 4.79 Å². The third kappa shape index (κ3) is 4.35. The first-order chi connectivity index (χ1) is 9.65. The molecule has 1 amide bonds. The third-order valence-electron chi connectivity index (χ3n) is 2.74. The lowest BCUT2D eigenvalue weighted by Crippen LogP contribution is -2.27. The van der Waals surface area contributed by atoms with Gasteiger partial charge in [0.05, 0.1) is 10.8 Å². The summed E-state index contributed by atoms with van der Waals surface area (Å²) >= 11 is 1.41. The molecule has 0 aliphatic heterocycles. The second-order valence-electron chi connectivity index (χ2n) is 4.33. The van der Waals surface area contributed by atoms with E-state index in [2.05, 4.69) is 4.98 Å². The highest BCUT2D eigenvalue weighted by Crippen LogP contribution is 2.15. The van der Waals surface area contributed by atoms with Gasteiger partial charge in [-0.15, -0.1) is 0 Å². The zero-order chi connectivity index (χ0) is 14.4. The van der Waals surface area contributed by atoms with E-state index in [-0.39, 0.29) is 11.7 Å². The highest BCUT2D eigenvalue weighted by molar-refractivity contribution is 7.99. The van der Waals surface area contributed by atoms with Crippen LogP contribution in [0.2, 0.25) is 0 Å². The van der Waals surface area contributed by atoms with E-state index < -0.39 is 0 Å². The first-order valence-electron chi connectivity index (χ1n) is 6.17. The number of benzene rings is 1. The Labute approximate surface area is 121 Å². The zero-order valence-electron chi connectivity index (χ0n) is 11.1. The van der Waals surface area contributed by atoms with Crippen molar-refractivity contribution >= 4 is 17.7 Å². The van der Waals surface area contributed by atoms with Crippen molar-refractivity contribution in [3.8, 4) is 0 Å². The number of hydrogen-bond acceptors (Lipinski definition) is 3. The van der Waals surface area contributed by atoms with Crippen molar-refractivity contribution in [2.45, 2.75) is 11.6 Å². The quantitative estimate of drug-likeness (QED) is 0.794. The molecule has 2 rings (SSSR count). The summed E-state index contributed by atoms with van der Waals surface area (Å²) in [5.74, 6) is 0.0905. The van der Waals surface area contributed by atoms with E-state index in [4.69, 9.17) is 0 Å². The van der Waals surface area contributed by atoms with Crippen LogP contribution in [0.1, 0.15) is 5.56 Å². The van der Waals surface area contributed by atoms with E-state index in [0.717, 1.165) is 10.6 Å². The molecule has 104 valence electrons. The number of aromatic nitrogens is 1. The molecule has 3 nitrogen and oxygen atoms in total. The number of pyridine rings is 1. The summed E-state index contributed by atoms with van der Waals surface area (Å²) in [7, 11) is 1.74. The van der Waals surface area contributed by atoms with Crippen molar-refractivity contribution < 1.29 is 9.18 Å². The molecule has 20 heavy (non-hydrogen) atoms. The summed E-state index contributed by atoms with van der Waals surface area (Å²) in [6, 6.07) is 11.8. The topological polar surface area (TPSA) is 33.2 Å². The highest BCUT2D eigenvalue weighted by atomic mass is 32.2. The number of nitrogens with zero attached hydrogens (tertiary/aromatic N) is 2. The van der Waals surface area contributed by atoms with Crippen LogP contribution in [0.5, 0.6) is 0 Å². The Bertz CT molecular complexity index is 560. The zero-order valence-corrected chi connectivity index (χ0v) is 11.9. The van der Waals surface area contributed by atoms with Crippen molar-refractivity contribution in [1.82, 2.24) is 9.88 Å². The second-order valence-corrected chi connectivity index (χ2v) is 5.33. The van der Waals surface area contributed by atoms with Gasteiger partial charge in [0.25, 0.3) is 0 Å². The van der Waals surface area contributed by atoms with Crippen LogP contribution in [0.4, 0.5) is 4.39 Å². The van der Waals surface area contributed by atoms with Crippen LogP contribution < -0.4 is 0 Å². The SMILES string of the molecule is CN(Cc1ccc(F)cc1)C(=O)CSc1ccccn1. The predicted octanol–water partition coefficient (Wildman–Crippen LogP) is 2.97. The third-order valence-corrected chi connectivity index (χ3v) is 3.67. The van der Waals surface area contributed by atoms with Crippen molar-refractivity contribution in [3.63, 3.8) is 0 Å². The van der Waals surface area contributed by atoms with E-state index in [1.165, 1.54) is 23.9 Å². The summed E-state index contributed by atoms with van der Waals surface area (Å²) in [5.41, 5.74) is 0.907. The fourth-order valence-electron chi connectivity index (χ4n) is 1.63. The molecule has 0 bridgehead atoms. The molecular formula is C15H15FN2OS. The van der Waals surface area contributed by atoms with E-state index in [1.54, 1.807) is 30.3 Å². The average Bonchev–Trinajstić information content (AvgIpc) is 2.48. The summed E-state index contributed by atoms with van der Waals surface area (Å²) in [4.78, 5) is 17.8.